The number of benzene rings is 3. The molecule has 3 aliphatic heterocycles. The standard InChI is InChI=1S/C49H53N9O7/c1-29-22-41(58(28-29)47(60)43(56-49(62)64-3)37-6-4-18-50-25-37)45-52-26-38(53-45)31-10-8-30(9-11-31)33-12-13-35-24-36(15-14-34(35)23-33)39-27-51-44(54-39)40-7-5-19-57(40)46(59)42(55-48(61)63-2)32-16-20-65-21-17-32/h4,6,8-15,18,23-27,32,40-43,47,60H,1,5,7,16-17,19-22,28H2,2-3H3,(H,51,54)(H,52,53)(H,55,61)(H,56,62)/t40-,41-,42-,43?,47?/m0/s1. The first-order chi connectivity index (χ1) is 31.7. The Bertz CT molecular complexity index is 2660. The molecule has 16 nitrogen and oxygen atoms in total. The number of hydrogen-bond donors (Lipinski definition) is 5. The first-order valence-electron chi connectivity index (χ1n) is 22.0. The van der Waals surface area contributed by atoms with Crippen LogP contribution in [0.1, 0.15) is 67.4 Å². The summed E-state index contributed by atoms with van der Waals surface area (Å²) in [5, 5.41) is 19.5. The third-order valence-electron chi connectivity index (χ3n) is 12.9. The predicted molar refractivity (Wildman–Crippen MR) is 243 cm³/mol. The summed E-state index contributed by atoms with van der Waals surface area (Å²) in [5.74, 6) is 1.26. The molecule has 3 aromatic carbocycles. The Morgan fingerprint density at radius 3 is 2.12 bits per heavy atom. The SMILES string of the molecule is C=C1C[C@@H](c2ncc(-c3ccc(-c4ccc5cc(-c6cnc([C@@H]7CCCN7C(=O)[C@@H](NC(=O)OC)C7CCOCC7)[nH]6)ccc5c4)cc3)[nH]2)N(C(O)C(NC(=O)OC)c2cccnc2)C1. The van der Waals surface area contributed by atoms with Crippen LogP contribution < -0.4 is 10.6 Å². The van der Waals surface area contributed by atoms with E-state index in [0.717, 1.165) is 68.7 Å². The number of nitrogens with one attached hydrogen (secondary N) is 4. The second-order valence-electron chi connectivity index (χ2n) is 16.9. The van der Waals surface area contributed by atoms with Crippen molar-refractivity contribution in [1.82, 2.24) is 45.4 Å². The highest BCUT2D eigenvalue weighted by molar-refractivity contribution is 5.91. The Labute approximate surface area is 376 Å². The number of aromatic amines is 2. The van der Waals surface area contributed by atoms with E-state index < -0.39 is 30.5 Å². The zero-order valence-electron chi connectivity index (χ0n) is 36.4. The lowest BCUT2D eigenvalue weighted by molar-refractivity contribution is -0.136. The minimum absolute atomic E-state index is 0.0325. The molecule has 336 valence electrons. The molecule has 6 aromatic rings. The van der Waals surface area contributed by atoms with Gasteiger partial charge in [0, 0.05) is 44.3 Å². The minimum Gasteiger partial charge on any atom is -0.453 e. The van der Waals surface area contributed by atoms with Gasteiger partial charge < -0.3 is 44.8 Å². The number of hydrogen-bond acceptors (Lipinski definition) is 11. The summed E-state index contributed by atoms with van der Waals surface area (Å²) in [4.78, 5) is 63.0. The Balaban J connectivity index is 0.875. The molecule has 5 N–H and O–H groups in total. The summed E-state index contributed by atoms with van der Waals surface area (Å²) in [7, 11) is 2.59. The van der Waals surface area contributed by atoms with Crippen LogP contribution in [0.25, 0.3) is 44.4 Å². The number of aliphatic hydroxyl groups excluding tert-OH is 1. The monoisotopic (exact) mass is 879 g/mol. The van der Waals surface area contributed by atoms with Gasteiger partial charge in [0.1, 0.15) is 23.9 Å². The van der Waals surface area contributed by atoms with E-state index in [1.54, 1.807) is 30.7 Å². The van der Waals surface area contributed by atoms with E-state index in [4.69, 9.17) is 24.2 Å². The summed E-state index contributed by atoms with van der Waals surface area (Å²) >= 11 is 0. The van der Waals surface area contributed by atoms with Crippen molar-refractivity contribution in [1.29, 1.82) is 0 Å². The van der Waals surface area contributed by atoms with Crippen LogP contribution in [0.3, 0.4) is 0 Å². The molecule has 6 heterocycles. The number of alkyl carbamates (subject to hydrolysis) is 2. The summed E-state index contributed by atoms with van der Waals surface area (Å²) in [6.45, 7) is 6.33. The average Bonchev–Trinajstić information content (AvgIpc) is 4.20. The average molecular weight is 880 g/mol. The molecule has 0 aliphatic carbocycles. The van der Waals surface area contributed by atoms with Gasteiger partial charge in [0.25, 0.3) is 0 Å². The van der Waals surface area contributed by atoms with E-state index in [-0.39, 0.29) is 23.9 Å². The molecule has 9 rings (SSSR count). The summed E-state index contributed by atoms with van der Waals surface area (Å²) < 4.78 is 15.3. The lowest BCUT2D eigenvalue weighted by Gasteiger charge is -2.34. The molecule has 2 unspecified atom stereocenters. The number of fused-ring (bicyclic) bond motifs is 1. The molecule has 5 atom stereocenters. The minimum atomic E-state index is -1.12. The largest absolute Gasteiger partial charge is 0.453 e. The summed E-state index contributed by atoms with van der Waals surface area (Å²) in [6.07, 6.45) is 8.07. The third kappa shape index (κ3) is 9.23. The van der Waals surface area contributed by atoms with E-state index in [2.05, 4.69) is 92.8 Å². The van der Waals surface area contributed by atoms with Gasteiger partial charge in [-0.15, -0.1) is 0 Å². The van der Waals surface area contributed by atoms with Crippen LogP contribution in [0.2, 0.25) is 0 Å². The number of imidazole rings is 2. The maximum Gasteiger partial charge on any atom is 0.407 e. The molecule has 0 saturated carbocycles. The lowest BCUT2D eigenvalue weighted by Crippen LogP contribution is -2.53. The number of rotatable bonds is 12. The van der Waals surface area contributed by atoms with E-state index in [1.165, 1.54) is 14.2 Å². The number of H-pyrrole nitrogens is 2. The number of ether oxygens (including phenoxy) is 3. The fraction of sp³-hybridized carbons (Fsp3) is 0.347. The number of carbonyl (C=O) groups is 3. The number of aromatic nitrogens is 5. The van der Waals surface area contributed by atoms with Crippen molar-refractivity contribution in [2.75, 3.05) is 40.5 Å². The van der Waals surface area contributed by atoms with E-state index in [9.17, 15) is 19.5 Å². The Morgan fingerprint density at radius 1 is 0.800 bits per heavy atom. The van der Waals surface area contributed by atoms with Gasteiger partial charge in [0.2, 0.25) is 5.91 Å². The zero-order valence-corrected chi connectivity index (χ0v) is 36.4. The molecule has 16 heteroatoms. The molecule has 0 bridgehead atoms. The van der Waals surface area contributed by atoms with Crippen molar-refractivity contribution >= 4 is 28.9 Å². The van der Waals surface area contributed by atoms with E-state index in [0.29, 0.717) is 57.0 Å². The lowest BCUT2D eigenvalue weighted by atomic mass is 9.90. The first-order valence-corrected chi connectivity index (χ1v) is 22.0. The maximum absolute atomic E-state index is 14.0. The van der Waals surface area contributed by atoms with Crippen LogP contribution in [0.4, 0.5) is 9.59 Å². The highest BCUT2D eigenvalue weighted by Gasteiger charge is 2.41. The van der Waals surface area contributed by atoms with Crippen LogP contribution in [-0.4, -0.2) is 111 Å². The van der Waals surface area contributed by atoms with Crippen LogP contribution in [0.15, 0.2) is 110 Å². The summed E-state index contributed by atoms with van der Waals surface area (Å²) in [5.41, 5.74) is 7.37. The van der Waals surface area contributed by atoms with Gasteiger partial charge in [-0.05, 0) is 89.2 Å². The van der Waals surface area contributed by atoms with Gasteiger partial charge in [0.05, 0.1) is 56.1 Å². The fourth-order valence-corrected chi connectivity index (χ4v) is 9.47. The van der Waals surface area contributed by atoms with Crippen molar-refractivity contribution < 1.29 is 33.7 Å². The van der Waals surface area contributed by atoms with Crippen LogP contribution in [0.5, 0.6) is 0 Å². The third-order valence-corrected chi connectivity index (χ3v) is 12.9. The number of carbonyl (C=O) groups excluding carboxylic acids is 3. The molecular weight excluding hydrogens is 827 g/mol. The number of nitrogens with zero attached hydrogens (tertiary/aromatic N) is 5. The molecule has 65 heavy (non-hydrogen) atoms. The number of amides is 3. The molecule has 0 radical (unpaired) electrons. The predicted octanol–water partition coefficient (Wildman–Crippen LogP) is 7.22. The Hall–Kier alpha value is -6.88. The molecule has 3 aliphatic rings. The van der Waals surface area contributed by atoms with Crippen molar-refractivity contribution in [2.45, 2.75) is 62.5 Å². The van der Waals surface area contributed by atoms with Crippen molar-refractivity contribution in [2.24, 2.45) is 5.92 Å². The Kier molecular flexibility index (Phi) is 12.7. The van der Waals surface area contributed by atoms with Gasteiger partial charge in [-0.2, -0.15) is 0 Å². The number of aliphatic hydroxyl groups is 1. The Morgan fingerprint density at radius 2 is 1.43 bits per heavy atom. The highest BCUT2D eigenvalue weighted by Crippen LogP contribution is 2.39. The molecule has 3 saturated heterocycles. The van der Waals surface area contributed by atoms with Gasteiger partial charge in [-0.25, -0.2) is 19.6 Å². The molecule has 3 aromatic heterocycles. The first kappa shape index (κ1) is 43.4. The normalized spacial score (nSPS) is 19.5. The van der Waals surface area contributed by atoms with Crippen LogP contribution in [-0.2, 0) is 19.0 Å². The molecule has 3 amide bonds. The van der Waals surface area contributed by atoms with Crippen LogP contribution in [0, 0.1) is 5.92 Å². The van der Waals surface area contributed by atoms with Gasteiger partial charge in [0.15, 0.2) is 0 Å². The molecule has 0 spiro atoms. The second-order valence-corrected chi connectivity index (χ2v) is 16.9. The molecule has 3 fully saturated rings. The van der Waals surface area contributed by atoms with Gasteiger partial charge in [-0.3, -0.25) is 14.7 Å². The van der Waals surface area contributed by atoms with E-state index in [1.807, 2.05) is 16.0 Å². The zero-order chi connectivity index (χ0) is 45.0. The quantitative estimate of drug-likeness (QED) is 0.0778. The van der Waals surface area contributed by atoms with Crippen LogP contribution >= 0.6 is 0 Å². The number of likely N-dealkylation sites (tertiary alicyclic amines) is 2. The number of pyridine rings is 1. The van der Waals surface area contributed by atoms with Gasteiger partial charge >= 0.3 is 12.2 Å². The van der Waals surface area contributed by atoms with Crippen molar-refractivity contribution in [3.63, 3.8) is 0 Å². The van der Waals surface area contributed by atoms with Crippen molar-refractivity contribution in [3.8, 4) is 33.6 Å². The smallest absolute Gasteiger partial charge is 0.407 e. The second kappa shape index (κ2) is 19.1. The topological polar surface area (TPSA) is 200 Å². The highest BCUT2D eigenvalue weighted by atomic mass is 16.5. The van der Waals surface area contributed by atoms with Gasteiger partial charge in [-0.1, -0.05) is 66.7 Å². The summed E-state index contributed by atoms with van der Waals surface area (Å²) in [6, 6.07) is 22.6. The van der Waals surface area contributed by atoms with Crippen molar-refractivity contribution in [3.05, 3.63) is 127 Å². The number of methoxy groups -OCH3 is 2. The molecular formula is C49H53N9O7. The fourth-order valence-electron chi connectivity index (χ4n) is 9.47. The van der Waals surface area contributed by atoms with E-state index >= 15 is 0 Å². The maximum atomic E-state index is 14.0.